The average molecular weight is 327 g/mol. The quantitative estimate of drug-likeness (QED) is 0.639. The summed E-state index contributed by atoms with van der Waals surface area (Å²) in [6.07, 6.45) is 1.57. The zero-order valence-electron chi connectivity index (χ0n) is 13.1. The van der Waals surface area contributed by atoms with Crippen molar-refractivity contribution in [2.75, 3.05) is 14.2 Å². The molecule has 0 fully saturated rings. The second kappa shape index (κ2) is 6.54. The Morgan fingerprint density at radius 1 is 1.08 bits per heavy atom. The molecule has 0 saturated heterocycles. The number of carbonyl (C=O) groups excluding carboxylic acids is 1. The van der Waals surface area contributed by atoms with Crippen molar-refractivity contribution < 1.29 is 23.4 Å². The second-order valence-corrected chi connectivity index (χ2v) is 4.96. The summed E-state index contributed by atoms with van der Waals surface area (Å²) < 4.78 is 28.8. The molecule has 6 heteroatoms. The molecule has 1 aliphatic heterocycles. The highest BCUT2D eigenvalue weighted by Crippen LogP contribution is 2.29. The highest BCUT2D eigenvalue weighted by Gasteiger charge is 2.24. The van der Waals surface area contributed by atoms with Gasteiger partial charge in [0.2, 0.25) is 5.90 Å². The number of cyclic esters (lactones) is 1. The van der Waals surface area contributed by atoms with Gasteiger partial charge in [0.1, 0.15) is 5.82 Å². The van der Waals surface area contributed by atoms with Crippen molar-refractivity contribution in [1.29, 1.82) is 0 Å². The van der Waals surface area contributed by atoms with Gasteiger partial charge < -0.3 is 14.2 Å². The van der Waals surface area contributed by atoms with E-state index >= 15 is 0 Å². The summed E-state index contributed by atoms with van der Waals surface area (Å²) in [6, 6.07) is 10.9. The van der Waals surface area contributed by atoms with Crippen molar-refractivity contribution in [3.63, 3.8) is 0 Å². The molecule has 122 valence electrons. The molecular formula is C18H14FNO4. The Bertz CT molecular complexity index is 858. The van der Waals surface area contributed by atoms with E-state index < -0.39 is 11.8 Å². The van der Waals surface area contributed by atoms with Gasteiger partial charge in [-0.3, -0.25) is 0 Å². The lowest BCUT2D eigenvalue weighted by Gasteiger charge is -2.07. The Morgan fingerprint density at radius 2 is 1.88 bits per heavy atom. The summed E-state index contributed by atoms with van der Waals surface area (Å²) in [7, 11) is 3.07. The number of hydrogen-bond donors (Lipinski definition) is 0. The van der Waals surface area contributed by atoms with Gasteiger partial charge >= 0.3 is 5.97 Å². The van der Waals surface area contributed by atoms with Crippen LogP contribution in [0.2, 0.25) is 0 Å². The molecule has 3 rings (SSSR count). The van der Waals surface area contributed by atoms with Gasteiger partial charge in [-0.05, 0) is 42.0 Å². The number of nitrogens with zero attached hydrogens (tertiary/aromatic N) is 1. The number of ether oxygens (including phenoxy) is 3. The van der Waals surface area contributed by atoms with E-state index in [9.17, 15) is 9.18 Å². The van der Waals surface area contributed by atoms with E-state index in [0.717, 1.165) is 0 Å². The molecule has 0 saturated carbocycles. The summed E-state index contributed by atoms with van der Waals surface area (Å²) in [5.74, 6) is 0.170. The van der Waals surface area contributed by atoms with Crippen LogP contribution in [-0.4, -0.2) is 26.1 Å². The highest BCUT2D eigenvalue weighted by atomic mass is 19.1. The van der Waals surface area contributed by atoms with Crippen molar-refractivity contribution in [1.82, 2.24) is 0 Å². The molecule has 0 spiro atoms. The van der Waals surface area contributed by atoms with Crippen LogP contribution < -0.4 is 9.47 Å². The molecule has 1 heterocycles. The normalized spacial score (nSPS) is 15.2. The molecule has 0 unspecified atom stereocenters. The van der Waals surface area contributed by atoms with Crippen LogP contribution in [0.15, 0.2) is 53.2 Å². The standard InChI is InChI=1S/C18H14FNO4/c1-22-15-7-6-11(9-16(15)23-2)8-14-18(21)24-17(20-14)12-4-3-5-13(19)10-12/h3-10H,1-2H3/b14-8-. The smallest absolute Gasteiger partial charge is 0.363 e. The lowest BCUT2D eigenvalue weighted by molar-refractivity contribution is -0.129. The molecular weight excluding hydrogens is 313 g/mol. The first-order valence-corrected chi connectivity index (χ1v) is 7.11. The van der Waals surface area contributed by atoms with Crippen molar-refractivity contribution in [3.05, 3.63) is 65.1 Å². The first kappa shape index (κ1) is 15.7. The predicted octanol–water partition coefficient (Wildman–Crippen LogP) is 3.19. The molecule has 2 aromatic rings. The largest absolute Gasteiger partial charge is 0.493 e. The van der Waals surface area contributed by atoms with Gasteiger partial charge in [-0.25, -0.2) is 14.2 Å². The highest BCUT2D eigenvalue weighted by molar-refractivity contribution is 6.12. The third-order valence-electron chi connectivity index (χ3n) is 3.40. The Hall–Kier alpha value is -3.15. The third-order valence-corrected chi connectivity index (χ3v) is 3.40. The molecule has 0 amide bonds. The number of hydrogen-bond acceptors (Lipinski definition) is 5. The first-order chi connectivity index (χ1) is 11.6. The summed E-state index contributed by atoms with van der Waals surface area (Å²) in [4.78, 5) is 16.1. The van der Waals surface area contributed by atoms with Gasteiger partial charge in [-0.2, -0.15) is 0 Å². The number of benzene rings is 2. The third kappa shape index (κ3) is 3.12. The van der Waals surface area contributed by atoms with Crippen LogP contribution in [0.25, 0.3) is 6.08 Å². The molecule has 24 heavy (non-hydrogen) atoms. The Balaban J connectivity index is 1.94. The summed E-state index contributed by atoms with van der Waals surface area (Å²) in [5, 5.41) is 0. The van der Waals surface area contributed by atoms with Gasteiger partial charge in [-0.1, -0.05) is 12.1 Å². The molecule has 0 aliphatic carbocycles. The average Bonchev–Trinajstić information content (AvgIpc) is 2.95. The fraction of sp³-hybridized carbons (Fsp3) is 0.111. The van der Waals surface area contributed by atoms with Crippen LogP contribution in [0, 0.1) is 5.82 Å². The van der Waals surface area contributed by atoms with E-state index in [1.54, 1.807) is 37.5 Å². The van der Waals surface area contributed by atoms with E-state index in [4.69, 9.17) is 14.2 Å². The van der Waals surface area contributed by atoms with Gasteiger partial charge in [0.05, 0.1) is 14.2 Å². The van der Waals surface area contributed by atoms with Crippen LogP contribution >= 0.6 is 0 Å². The van der Waals surface area contributed by atoms with E-state index in [1.165, 1.54) is 25.3 Å². The first-order valence-electron chi connectivity index (χ1n) is 7.11. The van der Waals surface area contributed by atoms with Gasteiger partial charge in [0.15, 0.2) is 17.2 Å². The summed E-state index contributed by atoms with van der Waals surface area (Å²) in [5.41, 5.74) is 1.23. The fourth-order valence-electron chi connectivity index (χ4n) is 2.25. The number of halogens is 1. The van der Waals surface area contributed by atoms with Crippen molar-refractivity contribution >= 4 is 17.9 Å². The van der Waals surface area contributed by atoms with Crippen LogP contribution in [0.3, 0.4) is 0 Å². The summed E-state index contributed by atoms with van der Waals surface area (Å²) >= 11 is 0. The zero-order chi connectivity index (χ0) is 17.1. The molecule has 0 radical (unpaired) electrons. The van der Waals surface area contributed by atoms with Crippen molar-refractivity contribution in [3.8, 4) is 11.5 Å². The Kier molecular flexibility index (Phi) is 4.29. The Labute approximate surface area is 138 Å². The fourth-order valence-corrected chi connectivity index (χ4v) is 2.25. The molecule has 0 N–H and O–H groups in total. The van der Waals surface area contributed by atoms with Gasteiger partial charge in [0.25, 0.3) is 0 Å². The summed E-state index contributed by atoms with van der Waals surface area (Å²) in [6.45, 7) is 0. The number of rotatable bonds is 4. The van der Waals surface area contributed by atoms with Crippen LogP contribution in [0.4, 0.5) is 4.39 Å². The molecule has 1 aliphatic rings. The molecule has 2 aromatic carbocycles. The number of aliphatic imine (C=N–C) groups is 1. The minimum absolute atomic E-state index is 0.0752. The number of esters is 1. The van der Waals surface area contributed by atoms with E-state index in [-0.39, 0.29) is 11.6 Å². The van der Waals surface area contributed by atoms with Crippen LogP contribution in [-0.2, 0) is 9.53 Å². The molecule has 0 atom stereocenters. The molecule has 0 bridgehead atoms. The molecule has 5 nitrogen and oxygen atoms in total. The zero-order valence-corrected chi connectivity index (χ0v) is 13.1. The minimum atomic E-state index is -0.593. The van der Waals surface area contributed by atoms with Gasteiger partial charge in [0, 0.05) is 5.56 Å². The number of methoxy groups -OCH3 is 2. The lowest BCUT2D eigenvalue weighted by Crippen LogP contribution is -2.05. The number of carbonyl (C=O) groups is 1. The van der Waals surface area contributed by atoms with Crippen molar-refractivity contribution in [2.45, 2.75) is 0 Å². The maximum atomic E-state index is 13.3. The lowest BCUT2D eigenvalue weighted by atomic mass is 10.1. The monoisotopic (exact) mass is 327 g/mol. The maximum Gasteiger partial charge on any atom is 0.363 e. The maximum absolute atomic E-state index is 13.3. The van der Waals surface area contributed by atoms with E-state index in [1.807, 2.05) is 0 Å². The topological polar surface area (TPSA) is 57.1 Å². The predicted molar refractivity (Wildman–Crippen MR) is 86.6 cm³/mol. The van der Waals surface area contributed by atoms with Crippen LogP contribution in [0.1, 0.15) is 11.1 Å². The van der Waals surface area contributed by atoms with E-state index in [2.05, 4.69) is 4.99 Å². The minimum Gasteiger partial charge on any atom is -0.493 e. The van der Waals surface area contributed by atoms with Crippen LogP contribution in [0.5, 0.6) is 11.5 Å². The van der Waals surface area contributed by atoms with Crippen molar-refractivity contribution in [2.24, 2.45) is 4.99 Å². The SMILES string of the molecule is COc1ccc(/C=C2\N=C(c3cccc(F)c3)OC2=O)cc1OC. The van der Waals surface area contributed by atoms with E-state index in [0.29, 0.717) is 22.6 Å². The Morgan fingerprint density at radius 3 is 2.58 bits per heavy atom. The van der Waals surface area contributed by atoms with Gasteiger partial charge in [-0.15, -0.1) is 0 Å². The molecule has 0 aromatic heterocycles. The second-order valence-electron chi connectivity index (χ2n) is 4.96.